The van der Waals surface area contributed by atoms with Crippen LogP contribution in [-0.4, -0.2) is 85.8 Å². The maximum absolute atomic E-state index is 14.6. The van der Waals surface area contributed by atoms with E-state index in [0.29, 0.717) is 17.2 Å². The Hall–Kier alpha value is -4.19. The fourth-order valence-electron chi connectivity index (χ4n) is 9.33. The summed E-state index contributed by atoms with van der Waals surface area (Å²) in [5.74, 6) is -5.89. The summed E-state index contributed by atoms with van der Waals surface area (Å²) in [6.07, 6.45) is 3.06. The lowest BCUT2D eigenvalue weighted by Crippen LogP contribution is -2.78. The Morgan fingerprint density at radius 2 is 1.62 bits per heavy atom. The van der Waals surface area contributed by atoms with E-state index in [4.69, 9.17) is 5.73 Å². The number of ketones is 2. The SMILES string of the molecule is C[C@H]1c2ccc(NC3CCC(Cc4ccccc4)CC3)c(O)c2C(O)=C2C(=O)[C@]3(O)C(O)=C(C(N)=O)C(=O)[C@@H](N(C)C)[C@]3(C)[C@@H](O)[C@@]21C. The molecule has 2 fully saturated rings. The molecule has 0 heterocycles. The van der Waals surface area contributed by atoms with E-state index in [-0.39, 0.29) is 17.4 Å². The summed E-state index contributed by atoms with van der Waals surface area (Å²) in [5, 5.41) is 62.8. The van der Waals surface area contributed by atoms with Gasteiger partial charge in [-0.15, -0.1) is 0 Å². The number of carbonyl (C=O) groups is 3. The molecule has 8 N–H and O–H groups in total. The van der Waals surface area contributed by atoms with Crippen molar-refractivity contribution in [3.8, 4) is 5.75 Å². The van der Waals surface area contributed by atoms with E-state index in [1.807, 2.05) is 18.2 Å². The molecule has 0 aromatic heterocycles. The molecule has 1 amide bonds. The molecule has 11 nitrogen and oxygen atoms in total. The van der Waals surface area contributed by atoms with Crippen LogP contribution in [0.3, 0.4) is 0 Å². The van der Waals surface area contributed by atoms with Gasteiger partial charge in [0.05, 0.1) is 34.4 Å². The molecule has 0 spiro atoms. The van der Waals surface area contributed by atoms with Crippen molar-refractivity contribution in [2.75, 3.05) is 19.4 Å². The first-order chi connectivity index (χ1) is 22.5. The van der Waals surface area contributed by atoms with Gasteiger partial charge in [-0.25, -0.2) is 0 Å². The number of amides is 1. The van der Waals surface area contributed by atoms with Gasteiger partial charge in [0.2, 0.25) is 5.78 Å². The number of carbonyl (C=O) groups excluding carboxylic acids is 3. The zero-order chi connectivity index (χ0) is 35.1. The van der Waals surface area contributed by atoms with E-state index in [1.165, 1.54) is 31.5 Å². The number of phenolic OH excluding ortho intramolecular Hbond substituents is 1. The second-order valence-electron chi connectivity index (χ2n) is 14.7. The lowest BCUT2D eigenvalue weighted by Gasteiger charge is -2.63. The average Bonchev–Trinajstić information content (AvgIpc) is 3.03. The number of hydrogen-bond donors (Lipinski definition) is 7. The number of fused-ring (bicyclic) bond motifs is 3. The van der Waals surface area contributed by atoms with Gasteiger partial charge in [0.25, 0.3) is 5.91 Å². The predicted octanol–water partition coefficient (Wildman–Crippen LogP) is 3.49. The standard InChI is InChI=1S/C37H45N3O8/c1-18-22-15-16-23(39-21-13-11-20(12-14-21)17-19-9-7-6-8-10-19)27(41)24(22)28(42)26-32(45)37(48)31(44)25(33(38)46)29(43)30(40(4)5)36(37,3)34(47)35(18,26)2/h6-10,15-16,18,20-21,30,34,39,41-42,44,47-48H,11-14,17H2,1-5H3,(H2,38,46)/t18-,20?,21?,30+,34-,35+,36+,37+/m0/s1. The molecule has 0 unspecified atom stereocenters. The highest BCUT2D eigenvalue weighted by molar-refractivity contribution is 6.25. The topological polar surface area (TPSA) is 194 Å². The van der Waals surface area contributed by atoms with Crippen LogP contribution in [0, 0.1) is 16.7 Å². The van der Waals surface area contributed by atoms with Gasteiger partial charge in [0.1, 0.15) is 22.8 Å². The fraction of sp³-hybridized carbons (Fsp3) is 0.486. The Morgan fingerprint density at radius 1 is 1.00 bits per heavy atom. The third-order valence-corrected chi connectivity index (χ3v) is 12.0. The first-order valence-electron chi connectivity index (χ1n) is 16.5. The monoisotopic (exact) mass is 659 g/mol. The van der Waals surface area contributed by atoms with Crippen LogP contribution in [0.15, 0.2) is 59.4 Å². The van der Waals surface area contributed by atoms with Crippen LogP contribution in [0.25, 0.3) is 5.76 Å². The first kappa shape index (κ1) is 33.7. The lowest BCUT2D eigenvalue weighted by atomic mass is 9.42. The number of primary amides is 1. The molecule has 2 saturated carbocycles. The summed E-state index contributed by atoms with van der Waals surface area (Å²) in [6, 6.07) is 12.4. The number of aliphatic hydroxyl groups excluding tert-OH is 3. The zero-order valence-corrected chi connectivity index (χ0v) is 27.9. The number of nitrogens with one attached hydrogen (secondary N) is 1. The number of anilines is 1. The highest BCUT2D eigenvalue weighted by Gasteiger charge is 2.77. The van der Waals surface area contributed by atoms with E-state index in [2.05, 4.69) is 17.4 Å². The van der Waals surface area contributed by atoms with Crippen LogP contribution in [-0.2, 0) is 20.8 Å². The smallest absolute Gasteiger partial charge is 0.255 e. The molecule has 4 aliphatic rings. The molecule has 0 saturated heterocycles. The second kappa shape index (κ2) is 11.5. The number of rotatable bonds is 6. The minimum absolute atomic E-state index is 0.0277. The largest absolute Gasteiger partial charge is 0.508 e. The Morgan fingerprint density at radius 3 is 2.21 bits per heavy atom. The van der Waals surface area contributed by atoms with Crippen molar-refractivity contribution in [1.29, 1.82) is 0 Å². The van der Waals surface area contributed by atoms with Crippen LogP contribution in [0.4, 0.5) is 5.69 Å². The van der Waals surface area contributed by atoms with Crippen LogP contribution in [0.5, 0.6) is 5.75 Å². The van der Waals surface area contributed by atoms with Gasteiger partial charge in [-0.2, -0.15) is 0 Å². The highest BCUT2D eigenvalue weighted by Crippen LogP contribution is 2.66. The van der Waals surface area contributed by atoms with Crippen molar-refractivity contribution in [1.82, 2.24) is 4.90 Å². The van der Waals surface area contributed by atoms with Gasteiger partial charge in [-0.05, 0) is 75.2 Å². The van der Waals surface area contributed by atoms with Gasteiger partial charge in [-0.1, -0.05) is 57.2 Å². The summed E-state index contributed by atoms with van der Waals surface area (Å²) < 4.78 is 0. The van der Waals surface area contributed by atoms with Crippen molar-refractivity contribution >= 4 is 28.9 Å². The molecule has 4 aliphatic carbocycles. The van der Waals surface area contributed by atoms with Crippen LogP contribution in [0.2, 0.25) is 0 Å². The lowest BCUT2D eigenvalue weighted by molar-refractivity contribution is -0.211. The molecular formula is C37H45N3O8. The van der Waals surface area contributed by atoms with E-state index in [1.54, 1.807) is 26.0 Å². The van der Waals surface area contributed by atoms with Gasteiger partial charge >= 0.3 is 0 Å². The molecule has 2 aromatic rings. The number of benzene rings is 2. The number of nitrogens with zero attached hydrogens (tertiary/aromatic N) is 1. The molecule has 6 rings (SSSR count). The minimum atomic E-state index is -3.02. The van der Waals surface area contributed by atoms with Crippen LogP contribution in [0.1, 0.15) is 69.1 Å². The molecule has 0 radical (unpaired) electrons. The minimum Gasteiger partial charge on any atom is -0.508 e. The summed E-state index contributed by atoms with van der Waals surface area (Å²) >= 11 is 0. The summed E-state index contributed by atoms with van der Waals surface area (Å²) in [6.45, 7) is 4.60. The summed E-state index contributed by atoms with van der Waals surface area (Å²) in [4.78, 5) is 42.0. The van der Waals surface area contributed by atoms with E-state index < -0.39 is 74.6 Å². The predicted molar refractivity (Wildman–Crippen MR) is 179 cm³/mol. The van der Waals surface area contributed by atoms with Crippen molar-refractivity contribution < 1.29 is 39.9 Å². The average molecular weight is 660 g/mol. The number of aromatic hydroxyl groups is 1. The van der Waals surface area contributed by atoms with E-state index >= 15 is 0 Å². The third-order valence-electron chi connectivity index (χ3n) is 12.0. The number of phenols is 1. The number of hydrogen-bond acceptors (Lipinski definition) is 10. The van der Waals surface area contributed by atoms with Gasteiger partial charge in [-0.3, -0.25) is 19.3 Å². The van der Waals surface area contributed by atoms with Crippen LogP contribution >= 0.6 is 0 Å². The molecule has 0 bridgehead atoms. The Balaban J connectivity index is 1.40. The highest BCUT2D eigenvalue weighted by atomic mass is 16.4. The fourth-order valence-corrected chi connectivity index (χ4v) is 9.33. The Kier molecular flexibility index (Phi) is 8.05. The Bertz CT molecular complexity index is 1760. The Labute approximate surface area is 279 Å². The molecule has 0 aliphatic heterocycles. The molecule has 2 aromatic carbocycles. The van der Waals surface area contributed by atoms with Gasteiger partial charge in [0, 0.05) is 11.5 Å². The molecule has 11 heteroatoms. The number of likely N-dealkylation sites (N-methyl/N-ethyl adjacent to an activating group) is 1. The third kappa shape index (κ3) is 4.40. The quantitative estimate of drug-likeness (QED) is 0.178. The van der Waals surface area contributed by atoms with Gasteiger partial charge < -0.3 is 36.6 Å². The molecular weight excluding hydrogens is 614 g/mol. The van der Waals surface area contributed by atoms with Gasteiger partial charge in [0.15, 0.2) is 11.4 Å². The van der Waals surface area contributed by atoms with Crippen LogP contribution < -0.4 is 11.1 Å². The number of Topliss-reactive ketones (excluding diaryl/α,β-unsaturated/α-hetero) is 2. The zero-order valence-electron chi connectivity index (χ0n) is 27.9. The summed E-state index contributed by atoms with van der Waals surface area (Å²) in [5.41, 5.74) is -0.539. The molecule has 48 heavy (non-hydrogen) atoms. The number of nitrogens with two attached hydrogens (primary N) is 1. The maximum atomic E-state index is 14.6. The normalized spacial score (nSPS) is 34.9. The van der Waals surface area contributed by atoms with Crippen molar-refractivity contribution in [3.05, 3.63) is 76.1 Å². The van der Waals surface area contributed by atoms with Crippen molar-refractivity contribution in [2.45, 2.75) is 82.6 Å². The second-order valence-corrected chi connectivity index (χ2v) is 14.7. The molecule has 6 atom stereocenters. The first-order valence-corrected chi connectivity index (χ1v) is 16.5. The maximum Gasteiger partial charge on any atom is 0.255 e. The van der Waals surface area contributed by atoms with Crippen molar-refractivity contribution in [3.63, 3.8) is 0 Å². The summed E-state index contributed by atoms with van der Waals surface area (Å²) in [7, 11) is 2.97. The van der Waals surface area contributed by atoms with E-state index in [0.717, 1.165) is 32.1 Å². The molecule has 256 valence electrons. The van der Waals surface area contributed by atoms with Crippen molar-refractivity contribution in [2.24, 2.45) is 22.5 Å². The van der Waals surface area contributed by atoms with E-state index in [9.17, 15) is 39.9 Å². The number of aliphatic hydroxyl groups is 4.